The Bertz CT molecular complexity index is 1020. The lowest BCUT2D eigenvalue weighted by Crippen LogP contribution is -2.32. The zero-order valence-electron chi connectivity index (χ0n) is 20.3. The second-order valence-electron chi connectivity index (χ2n) is 10.2. The standard InChI is InChI=1S/C33H34P2/c1-5-13-28(14-6-1)34(29-15-7-2-8-16-29)24-32-26-21-22-27(23-26)33(32)25-35(30-17-9-3-10-18-30)31-19-11-4-12-20-31/h1-20,26-27,32-33H,21-25H2/t26?,27?,32-,33-/m1/s1. The smallest absolute Gasteiger partial charge is 0.0195 e. The quantitative estimate of drug-likeness (QED) is 0.234. The summed E-state index contributed by atoms with van der Waals surface area (Å²) < 4.78 is 0. The first kappa shape index (κ1) is 23.2. The van der Waals surface area contributed by atoms with Crippen molar-refractivity contribution in [1.82, 2.24) is 0 Å². The maximum absolute atomic E-state index is 2.38. The molecule has 4 aromatic rings. The van der Waals surface area contributed by atoms with Crippen LogP contribution in [0.25, 0.3) is 0 Å². The summed E-state index contributed by atoms with van der Waals surface area (Å²) in [5.74, 6) is 3.53. The molecule has 0 nitrogen and oxygen atoms in total. The van der Waals surface area contributed by atoms with Crippen LogP contribution in [0.1, 0.15) is 19.3 Å². The van der Waals surface area contributed by atoms with E-state index in [1.165, 1.54) is 31.6 Å². The van der Waals surface area contributed by atoms with Crippen LogP contribution in [0.2, 0.25) is 0 Å². The van der Waals surface area contributed by atoms with Crippen LogP contribution in [-0.4, -0.2) is 12.3 Å². The van der Waals surface area contributed by atoms with Gasteiger partial charge in [0.2, 0.25) is 0 Å². The minimum atomic E-state index is -0.327. The molecule has 0 spiro atoms. The molecule has 35 heavy (non-hydrogen) atoms. The van der Waals surface area contributed by atoms with Crippen molar-refractivity contribution >= 4 is 37.1 Å². The molecule has 176 valence electrons. The van der Waals surface area contributed by atoms with E-state index in [-0.39, 0.29) is 15.8 Å². The van der Waals surface area contributed by atoms with Crippen molar-refractivity contribution < 1.29 is 0 Å². The van der Waals surface area contributed by atoms with E-state index >= 15 is 0 Å². The van der Waals surface area contributed by atoms with Crippen molar-refractivity contribution in [2.24, 2.45) is 23.7 Å². The van der Waals surface area contributed by atoms with Crippen LogP contribution in [0.3, 0.4) is 0 Å². The zero-order valence-corrected chi connectivity index (χ0v) is 22.1. The van der Waals surface area contributed by atoms with E-state index in [1.54, 1.807) is 21.2 Å². The summed E-state index contributed by atoms with van der Waals surface area (Å²) in [7, 11) is -0.653. The topological polar surface area (TPSA) is 0 Å². The second kappa shape index (κ2) is 10.8. The summed E-state index contributed by atoms with van der Waals surface area (Å²) >= 11 is 0. The first-order chi connectivity index (χ1) is 17.4. The number of benzene rings is 4. The van der Waals surface area contributed by atoms with Crippen molar-refractivity contribution in [3.05, 3.63) is 121 Å². The van der Waals surface area contributed by atoms with Gasteiger partial charge in [0, 0.05) is 0 Å². The van der Waals surface area contributed by atoms with Gasteiger partial charge in [-0.1, -0.05) is 121 Å². The summed E-state index contributed by atoms with van der Waals surface area (Å²) in [6, 6.07) is 45.5. The fourth-order valence-corrected chi connectivity index (χ4v) is 12.2. The molecule has 0 aliphatic heterocycles. The lowest BCUT2D eigenvalue weighted by atomic mass is 9.81. The molecule has 0 N–H and O–H groups in total. The predicted octanol–water partition coefficient (Wildman–Crippen LogP) is 6.91. The number of fused-ring (bicyclic) bond motifs is 2. The predicted molar refractivity (Wildman–Crippen MR) is 156 cm³/mol. The summed E-state index contributed by atoms with van der Waals surface area (Å²) in [5.41, 5.74) is 0. The molecule has 0 amide bonds. The molecular formula is C33H34P2. The molecular weight excluding hydrogens is 458 g/mol. The summed E-state index contributed by atoms with van der Waals surface area (Å²) in [4.78, 5) is 0. The van der Waals surface area contributed by atoms with Crippen molar-refractivity contribution in [2.45, 2.75) is 19.3 Å². The fourth-order valence-electron chi connectivity index (χ4n) is 6.67. The Morgan fingerprint density at radius 1 is 0.429 bits per heavy atom. The lowest BCUT2D eigenvalue weighted by Gasteiger charge is -2.36. The Balaban J connectivity index is 1.33. The SMILES string of the molecule is c1ccc(P(C[C@@H]2C3CCC(C3)[C@H]2CP(c2ccccc2)c2ccccc2)c2ccccc2)cc1. The minimum absolute atomic E-state index is 0.327. The third-order valence-electron chi connectivity index (χ3n) is 8.33. The largest absolute Gasteiger partial charge is 0.0622 e. The first-order valence-electron chi connectivity index (χ1n) is 13.1. The zero-order chi connectivity index (χ0) is 23.5. The van der Waals surface area contributed by atoms with Crippen LogP contribution < -0.4 is 21.2 Å². The molecule has 2 unspecified atom stereocenters. The fraction of sp³-hybridized carbons (Fsp3) is 0.273. The summed E-state index contributed by atoms with van der Waals surface area (Å²) in [5, 5.41) is 6.18. The highest BCUT2D eigenvalue weighted by Crippen LogP contribution is 2.58. The van der Waals surface area contributed by atoms with Gasteiger partial charge < -0.3 is 0 Å². The van der Waals surface area contributed by atoms with E-state index in [0.717, 1.165) is 23.7 Å². The van der Waals surface area contributed by atoms with Crippen LogP contribution in [0.15, 0.2) is 121 Å². The highest BCUT2D eigenvalue weighted by molar-refractivity contribution is 7.73. The second-order valence-corrected chi connectivity index (χ2v) is 14.7. The third kappa shape index (κ3) is 5.03. The van der Waals surface area contributed by atoms with Gasteiger partial charge in [0.05, 0.1) is 0 Å². The van der Waals surface area contributed by atoms with Gasteiger partial charge in [0.25, 0.3) is 0 Å². The minimum Gasteiger partial charge on any atom is -0.0622 e. The van der Waals surface area contributed by atoms with E-state index in [1.807, 2.05) is 0 Å². The molecule has 0 radical (unpaired) electrons. The third-order valence-corrected chi connectivity index (χ3v) is 13.6. The highest BCUT2D eigenvalue weighted by Gasteiger charge is 2.48. The molecule has 0 aromatic heterocycles. The average Bonchev–Trinajstić information content (AvgIpc) is 3.54. The molecule has 4 atom stereocenters. The van der Waals surface area contributed by atoms with Crippen molar-refractivity contribution in [1.29, 1.82) is 0 Å². The number of hydrogen-bond acceptors (Lipinski definition) is 0. The highest BCUT2D eigenvalue weighted by atomic mass is 31.1. The van der Waals surface area contributed by atoms with Crippen LogP contribution in [-0.2, 0) is 0 Å². The van der Waals surface area contributed by atoms with Crippen molar-refractivity contribution in [3.8, 4) is 0 Å². The van der Waals surface area contributed by atoms with Crippen LogP contribution >= 0.6 is 15.8 Å². The summed E-state index contributed by atoms with van der Waals surface area (Å²) in [6.45, 7) is 0. The normalized spacial score (nSPS) is 23.3. The van der Waals surface area contributed by atoms with Crippen molar-refractivity contribution in [3.63, 3.8) is 0 Å². The maximum atomic E-state index is 2.38. The van der Waals surface area contributed by atoms with Gasteiger partial charge in [-0.3, -0.25) is 0 Å². The van der Waals surface area contributed by atoms with E-state index in [2.05, 4.69) is 121 Å². The average molecular weight is 493 g/mol. The monoisotopic (exact) mass is 492 g/mol. The van der Waals surface area contributed by atoms with Gasteiger partial charge in [0.1, 0.15) is 0 Å². The molecule has 4 aromatic carbocycles. The van der Waals surface area contributed by atoms with Gasteiger partial charge in [-0.25, -0.2) is 0 Å². The lowest BCUT2D eigenvalue weighted by molar-refractivity contribution is 0.267. The maximum Gasteiger partial charge on any atom is -0.0195 e. The Labute approximate surface area is 213 Å². The van der Waals surface area contributed by atoms with E-state index < -0.39 is 0 Å². The molecule has 2 aliphatic rings. The van der Waals surface area contributed by atoms with Crippen LogP contribution in [0.4, 0.5) is 0 Å². The van der Waals surface area contributed by atoms with E-state index in [9.17, 15) is 0 Å². The summed E-state index contributed by atoms with van der Waals surface area (Å²) in [6.07, 6.45) is 7.07. The Kier molecular flexibility index (Phi) is 7.13. The molecule has 0 saturated heterocycles. The molecule has 6 rings (SSSR count). The molecule has 2 bridgehead atoms. The van der Waals surface area contributed by atoms with E-state index in [0.29, 0.717) is 0 Å². The first-order valence-corrected chi connectivity index (χ1v) is 16.2. The van der Waals surface area contributed by atoms with Gasteiger partial charge in [-0.15, -0.1) is 0 Å². The van der Waals surface area contributed by atoms with E-state index in [4.69, 9.17) is 0 Å². The Morgan fingerprint density at radius 3 is 1.00 bits per heavy atom. The molecule has 2 fully saturated rings. The molecule has 2 heteroatoms. The molecule has 0 heterocycles. The number of hydrogen-bond donors (Lipinski definition) is 0. The van der Waals surface area contributed by atoms with Gasteiger partial charge in [-0.2, -0.15) is 0 Å². The van der Waals surface area contributed by atoms with Gasteiger partial charge in [0.15, 0.2) is 0 Å². The Morgan fingerprint density at radius 2 is 0.714 bits per heavy atom. The molecule has 2 saturated carbocycles. The van der Waals surface area contributed by atoms with Crippen LogP contribution in [0, 0.1) is 23.7 Å². The van der Waals surface area contributed by atoms with Crippen LogP contribution in [0.5, 0.6) is 0 Å². The van der Waals surface area contributed by atoms with Gasteiger partial charge in [-0.05, 0) is 92.3 Å². The van der Waals surface area contributed by atoms with Crippen molar-refractivity contribution in [2.75, 3.05) is 12.3 Å². The Hall–Kier alpha value is -2.26. The van der Waals surface area contributed by atoms with Gasteiger partial charge >= 0.3 is 0 Å². The molecule has 2 aliphatic carbocycles. The number of rotatable bonds is 8.